The molecule has 116 valence electrons. The van der Waals surface area contributed by atoms with E-state index in [2.05, 4.69) is 22.1 Å². The van der Waals surface area contributed by atoms with Gasteiger partial charge in [0.1, 0.15) is 0 Å². The Labute approximate surface area is 126 Å². The third-order valence-corrected chi connectivity index (χ3v) is 5.14. The van der Waals surface area contributed by atoms with Gasteiger partial charge in [-0.1, -0.05) is 13.0 Å². The van der Waals surface area contributed by atoms with Crippen LogP contribution in [0, 0.1) is 5.92 Å². The van der Waals surface area contributed by atoms with E-state index in [1.807, 2.05) is 6.07 Å². The molecule has 1 aliphatic carbocycles. The molecule has 4 heteroatoms. The number of hydrogen-bond donors (Lipinski definition) is 2. The van der Waals surface area contributed by atoms with Crippen molar-refractivity contribution in [2.75, 3.05) is 26.2 Å². The SMILES string of the molecule is CCN1CCC(CNC2CCCc3[nH]c(=O)ccc32)CC1. The van der Waals surface area contributed by atoms with Crippen LogP contribution < -0.4 is 10.9 Å². The monoisotopic (exact) mass is 289 g/mol. The molecular weight excluding hydrogens is 262 g/mol. The standard InChI is InChI=1S/C17H27N3O/c1-2-20-10-8-13(9-11-20)12-18-15-4-3-5-16-14(15)6-7-17(21)19-16/h6-7,13,15,18H,2-5,8-12H2,1H3,(H,19,21). The van der Waals surface area contributed by atoms with Gasteiger partial charge in [-0.15, -0.1) is 0 Å². The summed E-state index contributed by atoms with van der Waals surface area (Å²) in [5, 5.41) is 3.76. The lowest BCUT2D eigenvalue weighted by molar-refractivity contribution is 0.186. The molecule has 1 fully saturated rings. The summed E-state index contributed by atoms with van der Waals surface area (Å²) in [4.78, 5) is 17.0. The fourth-order valence-electron chi connectivity index (χ4n) is 3.73. The summed E-state index contributed by atoms with van der Waals surface area (Å²) in [7, 11) is 0. The summed E-state index contributed by atoms with van der Waals surface area (Å²) in [6.45, 7) is 7.04. The smallest absolute Gasteiger partial charge is 0.248 e. The van der Waals surface area contributed by atoms with Gasteiger partial charge in [0.25, 0.3) is 0 Å². The highest BCUT2D eigenvalue weighted by Gasteiger charge is 2.23. The van der Waals surface area contributed by atoms with Gasteiger partial charge in [0.05, 0.1) is 0 Å². The number of pyridine rings is 1. The van der Waals surface area contributed by atoms with Gasteiger partial charge in [0.15, 0.2) is 0 Å². The molecule has 21 heavy (non-hydrogen) atoms. The van der Waals surface area contributed by atoms with Gasteiger partial charge >= 0.3 is 0 Å². The summed E-state index contributed by atoms with van der Waals surface area (Å²) in [5.74, 6) is 0.806. The molecule has 2 heterocycles. The minimum absolute atomic E-state index is 0.0290. The number of aryl methyl sites for hydroxylation is 1. The molecule has 4 nitrogen and oxygen atoms in total. The number of hydrogen-bond acceptors (Lipinski definition) is 3. The molecule has 0 bridgehead atoms. The van der Waals surface area contributed by atoms with E-state index in [4.69, 9.17) is 0 Å². The van der Waals surface area contributed by atoms with Crippen LogP contribution in [-0.4, -0.2) is 36.1 Å². The molecular formula is C17H27N3O. The molecule has 0 radical (unpaired) electrons. The predicted molar refractivity (Wildman–Crippen MR) is 85.6 cm³/mol. The van der Waals surface area contributed by atoms with Crippen LogP contribution in [0.15, 0.2) is 16.9 Å². The fourth-order valence-corrected chi connectivity index (χ4v) is 3.73. The van der Waals surface area contributed by atoms with Crippen LogP contribution in [0.5, 0.6) is 0 Å². The van der Waals surface area contributed by atoms with Crippen LogP contribution >= 0.6 is 0 Å². The first-order valence-electron chi connectivity index (χ1n) is 8.44. The Morgan fingerprint density at radius 1 is 1.29 bits per heavy atom. The average Bonchev–Trinajstić information content (AvgIpc) is 2.53. The van der Waals surface area contributed by atoms with Crippen molar-refractivity contribution in [2.45, 2.75) is 45.1 Å². The molecule has 1 atom stereocenters. The van der Waals surface area contributed by atoms with Crippen molar-refractivity contribution >= 4 is 0 Å². The third kappa shape index (κ3) is 3.55. The highest BCUT2D eigenvalue weighted by molar-refractivity contribution is 5.26. The van der Waals surface area contributed by atoms with E-state index < -0.39 is 0 Å². The highest BCUT2D eigenvalue weighted by atomic mass is 16.1. The molecule has 1 aromatic heterocycles. The first-order valence-corrected chi connectivity index (χ1v) is 8.44. The number of nitrogens with zero attached hydrogens (tertiary/aromatic N) is 1. The van der Waals surface area contributed by atoms with Crippen molar-refractivity contribution < 1.29 is 0 Å². The zero-order chi connectivity index (χ0) is 14.7. The molecule has 3 rings (SSSR count). The minimum Gasteiger partial charge on any atom is -0.326 e. The third-order valence-electron chi connectivity index (χ3n) is 5.14. The molecule has 2 N–H and O–H groups in total. The molecule has 0 amide bonds. The second-order valence-corrected chi connectivity index (χ2v) is 6.49. The quantitative estimate of drug-likeness (QED) is 0.892. The summed E-state index contributed by atoms with van der Waals surface area (Å²) < 4.78 is 0. The minimum atomic E-state index is 0.0290. The van der Waals surface area contributed by atoms with Crippen molar-refractivity contribution in [3.63, 3.8) is 0 Å². The Balaban J connectivity index is 1.56. The molecule has 1 unspecified atom stereocenters. The number of rotatable bonds is 4. The van der Waals surface area contributed by atoms with Crippen LogP contribution in [0.25, 0.3) is 0 Å². The summed E-state index contributed by atoms with van der Waals surface area (Å²) in [5.41, 5.74) is 2.49. The van der Waals surface area contributed by atoms with Crippen LogP contribution in [0.4, 0.5) is 0 Å². The summed E-state index contributed by atoms with van der Waals surface area (Å²) in [6.07, 6.45) is 5.99. The average molecular weight is 289 g/mol. The number of H-pyrrole nitrogens is 1. The van der Waals surface area contributed by atoms with Crippen molar-refractivity contribution in [3.8, 4) is 0 Å². The van der Waals surface area contributed by atoms with E-state index in [1.54, 1.807) is 6.07 Å². The molecule has 0 spiro atoms. The number of fused-ring (bicyclic) bond motifs is 1. The maximum atomic E-state index is 11.4. The Kier molecular flexibility index (Phi) is 4.76. The van der Waals surface area contributed by atoms with E-state index >= 15 is 0 Å². The maximum Gasteiger partial charge on any atom is 0.248 e. The van der Waals surface area contributed by atoms with Crippen molar-refractivity contribution in [2.24, 2.45) is 5.92 Å². The van der Waals surface area contributed by atoms with Gasteiger partial charge in [-0.05, 0) is 69.8 Å². The van der Waals surface area contributed by atoms with E-state index in [-0.39, 0.29) is 5.56 Å². The first kappa shape index (κ1) is 14.8. The Hall–Kier alpha value is -1.13. The first-order chi connectivity index (χ1) is 10.3. The zero-order valence-electron chi connectivity index (χ0n) is 13.0. The van der Waals surface area contributed by atoms with Crippen LogP contribution in [0.1, 0.15) is 49.9 Å². The van der Waals surface area contributed by atoms with E-state index in [0.717, 1.165) is 24.6 Å². The summed E-state index contributed by atoms with van der Waals surface area (Å²) in [6, 6.07) is 4.11. The van der Waals surface area contributed by atoms with Crippen molar-refractivity contribution in [3.05, 3.63) is 33.7 Å². The lowest BCUT2D eigenvalue weighted by Gasteiger charge is -2.33. The van der Waals surface area contributed by atoms with Crippen LogP contribution in [-0.2, 0) is 6.42 Å². The number of piperidine rings is 1. The molecule has 0 aromatic carbocycles. The lowest BCUT2D eigenvalue weighted by Crippen LogP contribution is -2.38. The van der Waals surface area contributed by atoms with Gasteiger partial charge in [0, 0.05) is 17.8 Å². The number of likely N-dealkylation sites (tertiary alicyclic amines) is 1. The van der Waals surface area contributed by atoms with Crippen molar-refractivity contribution in [1.29, 1.82) is 0 Å². The highest BCUT2D eigenvalue weighted by Crippen LogP contribution is 2.28. The Morgan fingerprint density at radius 3 is 2.86 bits per heavy atom. The number of nitrogens with one attached hydrogen (secondary N) is 2. The molecule has 1 saturated heterocycles. The zero-order valence-corrected chi connectivity index (χ0v) is 13.0. The maximum absolute atomic E-state index is 11.4. The van der Waals surface area contributed by atoms with E-state index in [0.29, 0.717) is 6.04 Å². The molecule has 1 aromatic rings. The van der Waals surface area contributed by atoms with Gasteiger partial charge in [-0.25, -0.2) is 0 Å². The van der Waals surface area contributed by atoms with Gasteiger partial charge in [-0.3, -0.25) is 4.79 Å². The topological polar surface area (TPSA) is 48.1 Å². The second kappa shape index (κ2) is 6.75. The van der Waals surface area contributed by atoms with Crippen LogP contribution in [0.3, 0.4) is 0 Å². The molecule has 0 saturated carbocycles. The Morgan fingerprint density at radius 2 is 2.10 bits per heavy atom. The van der Waals surface area contributed by atoms with E-state index in [1.165, 1.54) is 50.9 Å². The summed E-state index contributed by atoms with van der Waals surface area (Å²) >= 11 is 0. The lowest BCUT2D eigenvalue weighted by atomic mass is 9.90. The van der Waals surface area contributed by atoms with Gasteiger partial charge in [-0.2, -0.15) is 0 Å². The van der Waals surface area contributed by atoms with Crippen LogP contribution in [0.2, 0.25) is 0 Å². The second-order valence-electron chi connectivity index (χ2n) is 6.49. The normalized spacial score (nSPS) is 24.0. The molecule has 1 aliphatic heterocycles. The fraction of sp³-hybridized carbons (Fsp3) is 0.706. The van der Waals surface area contributed by atoms with Gasteiger partial charge in [0.2, 0.25) is 5.56 Å². The van der Waals surface area contributed by atoms with Crippen molar-refractivity contribution in [1.82, 2.24) is 15.2 Å². The number of aromatic amines is 1. The predicted octanol–water partition coefficient (Wildman–Crippen LogP) is 2.07. The van der Waals surface area contributed by atoms with Gasteiger partial charge < -0.3 is 15.2 Å². The van der Waals surface area contributed by atoms with E-state index in [9.17, 15) is 4.79 Å². The number of aromatic nitrogens is 1. The molecule has 2 aliphatic rings. The largest absolute Gasteiger partial charge is 0.326 e. The Bertz CT molecular complexity index is 517.